The summed E-state index contributed by atoms with van der Waals surface area (Å²) < 4.78 is 9.42. The van der Waals surface area contributed by atoms with Crippen molar-refractivity contribution in [3.63, 3.8) is 0 Å². The van der Waals surface area contributed by atoms with E-state index in [-0.39, 0.29) is 13.2 Å². The molecule has 0 saturated heterocycles. The van der Waals surface area contributed by atoms with E-state index >= 15 is 0 Å². The molecule has 0 saturated carbocycles. The lowest BCUT2D eigenvalue weighted by molar-refractivity contribution is -0.757. The third-order valence-corrected chi connectivity index (χ3v) is 1.67. The third kappa shape index (κ3) is 5.81. The molecule has 2 N–H and O–H groups in total. The van der Waals surface area contributed by atoms with Crippen molar-refractivity contribution in [3.8, 4) is 0 Å². The van der Waals surface area contributed by atoms with Gasteiger partial charge in [-0.1, -0.05) is 0 Å². The molecule has 15 heavy (non-hydrogen) atoms. The minimum absolute atomic E-state index is 0.218. The lowest BCUT2D eigenvalue weighted by Gasteiger charge is -2.16. The Labute approximate surface area is 86.4 Å². The minimum Gasteiger partial charge on any atom is -0.462 e. The largest absolute Gasteiger partial charge is 0.462 e. The summed E-state index contributed by atoms with van der Waals surface area (Å²) in [5, 5.41) is 8.76. The van der Waals surface area contributed by atoms with Gasteiger partial charge < -0.3 is 20.0 Å². The van der Waals surface area contributed by atoms with Crippen molar-refractivity contribution in [1.29, 1.82) is 0 Å². The molecule has 0 aliphatic heterocycles. The van der Waals surface area contributed by atoms with Gasteiger partial charge in [-0.05, 0) is 6.92 Å². The van der Waals surface area contributed by atoms with Gasteiger partial charge in [-0.15, -0.1) is 10.1 Å². The first-order chi connectivity index (χ1) is 6.99. The summed E-state index contributed by atoms with van der Waals surface area (Å²) in [6.45, 7) is 1.08. The summed E-state index contributed by atoms with van der Waals surface area (Å²) in [6, 6.07) is -0.911. The summed E-state index contributed by atoms with van der Waals surface area (Å²) in [6.07, 6.45) is -0.478. The number of methoxy groups -OCH3 is 1. The molecule has 0 amide bonds. The molecule has 2 unspecified atom stereocenters. The van der Waals surface area contributed by atoms with Gasteiger partial charge in [-0.25, -0.2) is 0 Å². The molecule has 88 valence electrons. The molecule has 8 heteroatoms. The van der Waals surface area contributed by atoms with Gasteiger partial charge in [0.15, 0.2) is 0 Å². The summed E-state index contributed by atoms with van der Waals surface area (Å²) >= 11 is 0. The Morgan fingerprint density at radius 1 is 1.53 bits per heavy atom. The number of ether oxygens (including phenoxy) is 2. The lowest BCUT2D eigenvalue weighted by Crippen LogP contribution is -2.42. The van der Waals surface area contributed by atoms with Gasteiger partial charge in [0, 0.05) is 7.11 Å². The highest BCUT2D eigenvalue weighted by atomic mass is 17.0. The molecule has 0 fully saturated rings. The average molecular weight is 222 g/mol. The van der Waals surface area contributed by atoms with Gasteiger partial charge in [0.2, 0.25) is 0 Å². The first-order valence-corrected chi connectivity index (χ1v) is 4.21. The first kappa shape index (κ1) is 13.6. The quantitative estimate of drug-likeness (QED) is 0.257. The van der Waals surface area contributed by atoms with E-state index in [1.807, 2.05) is 0 Å². The van der Waals surface area contributed by atoms with Crippen LogP contribution >= 0.6 is 0 Å². The fourth-order valence-corrected chi connectivity index (χ4v) is 0.689. The average Bonchev–Trinajstić information content (AvgIpc) is 2.21. The number of nitrogens with zero attached hydrogens (tertiary/aromatic N) is 1. The van der Waals surface area contributed by atoms with Crippen LogP contribution < -0.4 is 5.73 Å². The highest BCUT2D eigenvalue weighted by Crippen LogP contribution is 1.96. The van der Waals surface area contributed by atoms with Gasteiger partial charge in [0.05, 0.1) is 6.10 Å². The predicted octanol–water partition coefficient (Wildman–Crippen LogP) is -0.900. The standard InChI is InChI=1S/C7H14N2O6/c1-5(13-2)6(8)7(10)14-3-4-15-9(11)12/h5-6H,3-4,8H2,1-2H3. The van der Waals surface area contributed by atoms with Crippen molar-refractivity contribution >= 4 is 5.97 Å². The predicted molar refractivity (Wildman–Crippen MR) is 48.4 cm³/mol. The molecule has 8 nitrogen and oxygen atoms in total. The molecule has 0 bridgehead atoms. The zero-order valence-electron chi connectivity index (χ0n) is 8.54. The Morgan fingerprint density at radius 3 is 2.60 bits per heavy atom. The Morgan fingerprint density at radius 2 is 2.13 bits per heavy atom. The van der Waals surface area contributed by atoms with Crippen LogP contribution in [0.25, 0.3) is 0 Å². The molecule has 0 aromatic rings. The Bertz CT molecular complexity index is 222. The molecule has 0 aliphatic rings. The number of nitrogens with two attached hydrogens (primary N) is 1. The van der Waals surface area contributed by atoms with E-state index in [0.717, 1.165) is 0 Å². The van der Waals surface area contributed by atoms with Gasteiger partial charge in [0.1, 0.15) is 19.3 Å². The maximum absolute atomic E-state index is 11.1. The first-order valence-electron chi connectivity index (χ1n) is 4.21. The molecule has 0 aliphatic carbocycles. The molecule has 0 spiro atoms. The van der Waals surface area contributed by atoms with Crippen LogP contribution in [0.3, 0.4) is 0 Å². The van der Waals surface area contributed by atoms with Crippen molar-refractivity contribution in [2.75, 3.05) is 20.3 Å². The SMILES string of the molecule is COC(C)C(N)C(=O)OCCO[N+](=O)[O-]. The Hall–Kier alpha value is -1.41. The van der Waals surface area contributed by atoms with Crippen LogP contribution in [0.5, 0.6) is 0 Å². The number of hydrogen-bond donors (Lipinski definition) is 1. The van der Waals surface area contributed by atoms with E-state index in [0.29, 0.717) is 0 Å². The number of esters is 1. The fourth-order valence-electron chi connectivity index (χ4n) is 0.689. The van der Waals surface area contributed by atoms with Crippen LogP contribution in [0.15, 0.2) is 0 Å². The van der Waals surface area contributed by atoms with Crippen molar-refractivity contribution in [2.24, 2.45) is 5.73 Å². The van der Waals surface area contributed by atoms with Crippen molar-refractivity contribution in [1.82, 2.24) is 0 Å². The topological polar surface area (TPSA) is 114 Å². The fraction of sp³-hybridized carbons (Fsp3) is 0.857. The second kappa shape index (κ2) is 6.96. The second-order valence-electron chi connectivity index (χ2n) is 2.69. The maximum Gasteiger partial charge on any atom is 0.325 e. The van der Waals surface area contributed by atoms with E-state index < -0.39 is 23.2 Å². The number of hydrogen-bond acceptors (Lipinski definition) is 7. The second-order valence-corrected chi connectivity index (χ2v) is 2.69. The van der Waals surface area contributed by atoms with Crippen LogP contribution in [0.2, 0.25) is 0 Å². The molecular weight excluding hydrogens is 208 g/mol. The summed E-state index contributed by atoms with van der Waals surface area (Å²) in [7, 11) is 1.41. The van der Waals surface area contributed by atoms with Gasteiger partial charge in [0.25, 0.3) is 5.09 Å². The lowest BCUT2D eigenvalue weighted by atomic mass is 10.2. The van der Waals surface area contributed by atoms with Gasteiger partial charge in [-0.3, -0.25) is 4.79 Å². The number of rotatable bonds is 7. The zero-order valence-corrected chi connectivity index (χ0v) is 8.54. The molecule has 0 aromatic carbocycles. The normalized spacial score (nSPS) is 14.1. The van der Waals surface area contributed by atoms with E-state index in [4.69, 9.17) is 10.5 Å². The zero-order chi connectivity index (χ0) is 11.8. The smallest absolute Gasteiger partial charge is 0.325 e. The summed E-state index contributed by atoms with van der Waals surface area (Å²) in [5.74, 6) is -0.684. The number of carbonyl (C=O) groups is 1. The van der Waals surface area contributed by atoms with Gasteiger partial charge in [-0.2, -0.15) is 0 Å². The van der Waals surface area contributed by atoms with Gasteiger partial charge >= 0.3 is 5.97 Å². The van der Waals surface area contributed by atoms with E-state index in [1.54, 1.807) is 6.92 Å². The monoisotopic (exact) mass is 222 g/mol. The third-order valence-electron chi connectivity index (χ3n) is 1.67. The van der Waals surface area contributed by atoms with E-state index in [9.17, 15) is 14.9 Å². The molecule has 0 aromatic heterocycles. The minimum atomic E-state index is -0.967. The van der Waals surface area contributed by atoms with Crippen LogP contribution in [0, 0.1) is 10.1 Å². The van der Waals surface area contributed by atoms with Crippen molar-refractivity contribution in [2.45, 2.75) is 19.1 Å². The molecule has 0 heterocycles. The molecule has 2 atom stereocenters. The molecular formula is C7H14N2O6. The van der Waals surface area contributed by atoms with Crippen LogP contribution in [-0.4, -0.2) is 43.5 Å². The molecule has 0 radical (unpaired) electrons. The van der Waals surface area contributed by atoms with Crippen LogP contribution in [0.1, 0.15) is 6.92 Å². The van der Waals surface area contributed by atoms with E-state index in [1.165, 1.54) is 7.11 Å². The maximum atomic E-state index is 11.1. The highest BCUT2D eigenvalue weighted by Gasteiger charge is 2.21. The van der Waals surface area contributed by atoms with Crippen LogP contribution in [0.4, 0.5) is 0 Å². The summed E-state index contributed by atoms with van der Waals surface area (Å²) in [4.78, 5) is 24.8. The van der Waals surface area contributed by atoms with Crippen LogP contribution in [-0.2, 0) is 19.1 Å². The Balaban J connectivity index is 3.69. The van der Waals surface area contributed by atoms with Crippen molar-refractivity contribution < 1.29 is 24.2 Å². The van der Waals surface area contributed by atoms with E-state index in [2.05, 4.69) is 9.57 Å². The summed E-state index contributed by atoms with van der Waals surface area (Å²) in [5.41, 5.74) is 5.44. The van der Waals surface area contributed by atoms with Crippen molar-refractivity contribution in [3.05, 3.63) is 10.1 Å². The highest BCUT2D eigenvalue weighted by molar-refractivity contribution is 5.76. The number of carbonyl (C=O) groups excluding carboxylic acids is 1. The molecule has 0 rings (SSSR count). The Kier molecular flexibility index (Phi) is 6.30.